The molecule has 1 atom stereocenters. The van der Waals surface area contributed by atoms with Crippen LogP contribution in [0.5, 0.6) is 0 Å². The third-order valence-corrected chi connectivity index (χ3v) is 2.06. The smallest absolute Gasteiger partial charge is 0.422 e. The van der Waals surface area contributed by atoms with Gasteiger partial charge in [0.1, 0.15) is 6.04 Å². The Morgan fingerprint density at radius 1 is 1.40 bits per heavy atom. The number of hydrogen-bond acceptors (Lipinski definition) is 4. The Bertz CT molecular complexity index is 366. The highest BCUT2D eigenvalue weighted by Crippen LogP contribution is 2.14. The minimum absolute atomic E-state index is 0.150. The molecule has 114 valence electrons. The summed E-state index contributed by atoms with van der Waals surface area (Å²) in [6.07, 6.45) is -4.76. The van der Waals surface area contributed by atoms with Crippen molar-refractivity contribution in [2.75, 3.05) is 13.2 Å². The fourth-order valence-corrected chi connectivity index (χ4v) is 1.20. The Labute approximate surface area is 114 Å². The molecule has 0 saturated heterocycles. The molecule has 0 aliphatic heterocycles. The molecular formula is C11H16F3N3O3. The van der Waals surface area contributed by atoms with Crippen LogP contribution >= 0.6 is 0 Å². The van der Waals surface area contributed by atoms with E-state index in [9.17, 15) is 22.8 Å². The van der Waals surface area contributed by atoms with Gasteiger partial charge >= 0.3 is 12.3 Å². The number of alkyl carbamates (subject to hydrolysis) is 1. The van der Waals surface area contributed by atoms with Crippen LogP contribution in [0.15, 0.2) is 0 Å². The highest BCUT2D eigenvalue weighted by molar-refractivity contribution is 5.77. The maximum absolute atomic E-state index is 11.7. The minimum atomic E-state index is -4.59. The second-order valence-electron chi connectivity index (χ2n) is 3.91. The monoisotopic (exact) mass is 295 g/mol. The van der Waals surface area contributed by atoms with Gasteiger partial charge in [0.2, 0.25) is 5.91 Å². The zero-order valence-electron chi connectivity index (χ0n) is 10.9. The molecule has 0 heterocycles. The van der Waals surface area contributed by atoms with E-state index in [1.165, 1.54) is 0 Å². The van der Waals surface area contributed by atoms with Gasteiger partial charge < -0.3 is 15.4 Å². The molecule has 0 aromatic rings. The Morgan fingerprint density at radius 2 is 2.05 bits per heavy atom. The molecular weight excluding hydrogens is 279 g/mol. The highest BCUT2D eigenvalue weighted by Gasteiger charge is 2.29. The van der Waals surface area contributed by atoms with Crippen molar-refractivity contribution in [2.45, 2.75) is 38.4 Å². The van der Waals surface area contributed by atoms with Crippen LogP contribution in [0.1, 0.15) is 26.2 Å². The summed E-state index contributed by atoms with van der Waals surface area (Å²) in [5, 5.41) is 13.1. The standard InChI is InChI=1S/C11H16F3N3O3/c1-2-3-8(6-15)17-9(18)4-5-16-10(19)20-7-11(12,13)14/h8H,2-5,7H2,1H3,(H,16,19)(H,17,18)/t8-/m1/s1. The van der Waals surface area contributed by atoms with Crippen LogP contribution in [0.4, 0.5) is 18.0 Å². The maximum atomic E-state index is 11.7. The SMILES string of the molecule is CCC[C@H](C#N)NC(=O)CCNC(=O)OCC(F)(F)F. The van der Waals surface area contributed by atoms with Gasteiger partial charge in [-0.15, -0.1) is 0 Å². The Morgan fingerprint density at radius 3 is 2.55 bits per heavy atom. The van der Waals surface area contributed by atoms with Crippen LogP contribution < -0.4 is 10.6 Å². The lowest BCUT2D eigenvalue weighted by Crippen LogP contribution is -2.36. The van der Waals surface area contributed by atoms with Crippen molar-refractivity contribution in [1.82, 2.24) is 10.6 Å². The molecule has 0 radical (unpaired) electrons. The van der Waals surface area contributed by atoms with Crippen LogP contribution in [0.3, 0.4) is 0 Å². The molecule has 0 bridgehead atoms. The second kappa shape index (κ2) is 9.01. The number of carbonyl (C=O) groups is 2. The van der Waals surface area contributed by atoms with Gasteiger partial charge in [-0.1, -0.05) is 13.3 Å². The summed E-state index contributed by atoms with van der Waals surface area (Å²) >= 11 is 0. The van der Waals surface area contributed by atoms with Crippen LogP contribution in [0.2, 0.25) is 0 Å². The van der Waals surface area contributed by atoms with E-state index >= 15 is 0 Å². The Hall–Kier alpha value is -1.98. The number of alkyl halides is 3. The number of amides is 2. The van der Waals surface area contributed by atoms with Gasteiger partial charge in [0.15, 0.2) is 6.61 Å². The van der Waals surface area contributed by atoms with E-state index in [1.54, 1.807) is 0 Å². The third-order valence-electron chi connectivity index (χ3n) is 2.06. The maximum Gasteiger partial charge on any atom is 0.422 e. The topological polar surface area (TPSA) is 91.2 Å². The quantitative estimate of drug-likeness (QED) is 0.744. The fourth-order valence-electron chi connectivity index (χ4n) is 1.20. The summed E-state index contributed by atoms with van der Waals surface area (Å²) in [5.41, 5.74) is 0. The van der Waals surface area contributed by atoms with Gasteiger partial charge in [0.05, 0.1) is 6.07 Å². The first kappa shape index (κ1) is 18.0. The summed E-state index contributed by atoms with van der Waals surface area (Å²) in [4.78, 5) is 22.2. The van der Waals surface area contributed by atoms with E-state index < -0.39 is 30.8 Å². The van der Waals surface area contributed by atoms with E-state index in [0.717, 1.165) is 6.42 Å². The number of rotatable bonds is 7. The predicted molar refractivity (Wildman–Crippen MR) is 62.5 cm³/mol. The van der Waals surface area contributed by atoms with E-state index in [4.69, 9.17) is 5.26 Å². The van der Waals surface area contributed by atoms with Crippen molar-refractivity contribution in [2.24, 2.45) is 0 Å². The minimum Gasteiger partial charge on any atom is -0.440 e. The van der Waals surface area contributed by atoms with Gasteiger partial charge in [0, 0.05) is 13.0 Å². The summed E-state index contributed by atoms with van der Waals surface area (Å²) in [5.74, 6) is -0.471. The van der Waals surface area contributed by atoms with E-state index in [2.05, 4.69) is 10.1 Å². The number of ether oxygens (including phenoxy) is 1. The second-order valence-corrected chi connectivity index (χ2v) is 3.91. The zero-order chi connectivity index (χ0) is 15.6. The van der Waals surface area contributed by atoms with E-state index in [0.29, 0.717) is 6.42 Å². The molecule has 2 amide bonds. The van der Waals surface area contributed by atoms with Crippen molar-refractivity contribution in [3.8, 4) is 6.07 Å². The molecule has 6 nitrogen and oxygen atoms in total. The average molecular weight is 295 g/mol. The fraction of sp³-hybridized carbons (Fsp3) is 0.727. The number of nitrogens with zero attached hydrogens (tertiary/aromatic N) is 1. The summed E-state index contributed by atoms with van der Waals surface area (Å²) in [7, 11) is 0. The zero-order valence-corrected chi connectivity index (χ0v) is 10.9. The van der Waals surface area contributed by atoms with Gasteiger partial charge in [-0.05, 0) is 6.42 Å². The molecule has 0 aromatic heterocycles. The summed E-state index contributed by atoms with van der Waals surface area (Å²) in [6, 6.07) is 1.29. The van der Waals surface area contributed by atoms with Gasteiger partial charge in [-0.2, -0.15) is 18.4 Å². The van der Waals surface area contributed by atoms with Crippen LogP contribution in [0, 0.1) is 11.3 Å². The van der Waals surface area contributed by atoms with Crippen LogP contribution in [0.25, 0.3) is 0 Å². The first-order valence-electron chi connectivity index (χ1n) is 5.94. The van der Waals surface area contributed by atoms with E-state index in [1.807, 2.05) is 18.3 Å². The van der Waals surface area contributed by atoms with Crippen molar-refractivity contribution >= 4 is 12.0 Å². The molecule has 0 rings (SSSR count). The normalized spacial score (nSPS) is 12.2. The first-order valence-corrected chi connectivity index (χ1v) is 5.94. The van der Waals surface area contributed by atoms with Crippen molar-refractivity contribution in [3.63, 3.8) is 0 Å². The van der Waals surface area contributed by atoms with Crippen molar-refractivity contribution < 1.29 is 27.5 Å². The summed E-state index contributed by atoms with van der Waals surface area (Å²) < 4.78 is 39.0. The molecule has 0 spiro atoms. The largest absolute Gasteiger partial charge is 0.440 e. The van der Waals surface area contributed by atoms with Gasteiger partial charge in [0.25, 0.3) is 0 Å². The highest BCUT2D eigenvalue weighted by atomic mass is 19.4. The van der Waals surface area contributed by atoms with Crippen molar-refractivity contribution in [1.29, 1.82) is 5.26 Å². The van der Waals surface area contributed by atoms with Crippen LogP contribution in [-0.2, 0) is 9.53 Å². The molecule has 20 heavy (non-hydrogen) atoms. The molecule has 0 fully saturated rings. The molecule has 0 aliphatic carbocycles. The Balaban J connectivity index is 3.81. The lowest BCUT2D eigenvalue weighted by Gasteiger charge is -2.11. The molecule has 0 unspecified atom stereocenters. The molecule has 0 aliphatic rings. The number of nitrogens with one attached hydrogen (secondary N) is 2. The number of nitriles is 1. The molecule has 0 aromatic carbocycles. The third kappa shape index (κ3) is 9.99. The number of hydrogen-bond donors (Lipinski definition) is 2. The lowest BCUT2D eigenvalue weighted by molar-refractivity contribution is -0.160. The van der Waals surface area contributed by atoms with Gasteiger partial charge in [-0.25, -0.2) is 4.79 Å². The number of halogens is 3. The predicted octanol–water partition coefficient (Wildman–Crippen LogP) is 1.47. The van der Waals surface area contributed by atoms with Crippen LogP contribution in [-0.4, -0.2) is 37.4 Å². The number of carbonyl (C=O) groups excluding carboxylic acids is 2. The molecule has 0 saturated carbocycles. The molecule has 2 N–H and O–H groups in total. The van der Waals surface area contributed by atoms with Crippen molar-refractivity contribution in [3.05, 3.63) is 0 Å². The first-order chi connectivity index (χ1) is 9.28. The summed E-state index contributed by atoms with van der Waals surface area (Å²) in [6.45, 7) is -0.000455. The average Bonchev–Trinajstić information content (AvgIpc) is 2.35. The van der Waals surface area contributed by atoms with E-state index in [-0.39, 0.29) is 13.0 Å². The Kier molecular flexibility index (Phi) is 8.12. The molecule has 9 heteroatoms. The van der Waals surface area contributed by atoms with Gasteiger partial charge in [-0.3, -0.25) is 4.79 Å². The lowest BCUT2D eigenvalue weighted by atomic mass is 10.2.